The number of pyridine rings is 1. The summed E-state index contributed by atoms with van der Waals surface area (Å²) in [5, 5.41) is 14.3. The van der Waals surface area contributed by atoms with E-state index in [4.69, 9.17) is 16.3 Å². The molecule has 2 N–H and O–H groups in total. The molecule has 0 bridgehead atoms. The molecule has 3 aromatic heterocycles. The lowest BCUT2D eigenvalue weighted by atomic mass is 10.2. The zero-order valence-electron chi connectivity index (χ0n) is 17.5. The zero-order valence-corrected chi connectivity index (χ0v) is 20.7. The van der Waals surface area contributed by atoms with Crippen molar-refractivity contribution in [2.24, 2.45) is 0 Å². The quantitative estimate of drug-likeness (QED) is 0.370. The Morgan fingerprint density at radius 1 is 1.18 bits per heavy atom. The van der Waals surface area contributed by atoms with Gasteiger partial charge in [-0.25, -0.2) is 8.42 Å². The average molecular weight is 534 g/mol. The van der Waals surface area contributed by atoms with Crippen LogP contribution in [0, 0.1) is 0 Å². The number of amides is 1. The SMILES string of the molecule is CN1C(C(=O)Nc2cccc(OCc3cc4ccccc4s3)n2)=C(O)c2sc(Cl)cc2S1(=O)=O. The minimum atomic E-state index is -4.04. The minimum Gasteiger partial charge on any atom is -0.504 e. The number of nitrogens with one attached hydrogen (secondary N) is 1. The van der Waals surface area contributed by atoms with E-state index >= 15 is 0 Å². The summed E-state index contributed by atoms with van der Waals surface area (Å²) in [4.78, 5) is 18.1. The number of aromatic nitrogens is 1. The molecule has 5 rings (SSSR count). The molecule has 0 radical (unpaired) electrons. The van der Waals surface area contributed by atoms with Crippen molar-refractivity contribution in [1.29, 1.82) is 0 Å². The number of fused-ring (bicyclic) bond motifs is 2. The lowest BCUT2D eigenvalue weighted by molar-refractivity contribution is -0.113. The third-order valence-electron chi connectivity index (χ3n) is 5.08. The largest absolute Gasteiger partial charge is 0.504 e. The van der Waals surface area contributed by atoms with Gasteiger partial charge in [0.05, 0.1) is 9.21 Å². The number of aliphatic hydroxyl groups is 1. The van der Waals surface area contributed by atoms with Gasteiger partial charge >= 0.3 is 0 Å². The van der Waals surface area contributed by atoms with Crippen molar-refractivity contribution in [2.45, 2.75) is 11.5 Å². The van der Waals surface area contributed by atoms with Crippen LogP contribution in [0.1, 0.15) is 9.75 Å². The third-order valence-corrected chi connectivity index (χ3v) is 9.35. The molecule has 174 valence electrons. The Morgan fingerprint density at radius 3 is 2.76 bits per heavy atom. The van der Waals surface area contributed by atoms with Crippen molar-refractivity contribution in [3.8, 4) is 5.88 Å². The van der Waals surface area contributed by atoms with Gasteiger partial charge in [-0.15, -0.1) is 22.7 Å². The number of rotatable bonds is 5. The van der Waals surface area contributed by atoms with Crippen molar-refractivity contribution in [3.63, 3.8) is 0 Å². The molecule has 1 aromatic carbocycles. The van der Waals surface area contributed by atoms with Crippen molar-refractivity contribution in [1.82, 2.24) is 9.29 Å². The van der Waals surface area contributed by atoms with Crippen LogP contribution in [0.5, 0.6) is 5.88 Å². The van der Waals surface area contributed by atoms with Crippen molar-refractivity contribution in [2.75, 3.05) is 12.4 Å². The van der Waals surface area contributed by atoms with E-state index in [1.54, 1.807) is 23.5 Å². The monoisotopic (exact) mass is 533 g/mol. The number of ether oxygens (including phenoxy) is 1. The van der Waals surface area contributed by atoms with E-state index in [1.807, 2.05) is 30.3 Å². The van der Waals surface area contributed by atoms with E-state index in [1.165, 1.54) is 19.2 Å². The molecule has 1 amide bonds. The van der Waals surface area contributed by atoms with E-state index in [0.717, 1.165) is 30.6 Å². The number of carbonyl (C=O) groups is 1. The molecule has 0 atom stereocenters. The normalized spacial score (nSPS) is 14.8. The van der Waals surface area contributed by atoms with Gasteiger partial charge < -0.3 is 15.2 Å². The second-order valence-corrected chi connectivity index (χ2v) is 12.1. The molecule has 8 nitrogen and oxygen atoms in total. The highest BCUT2D eigenvalue weighted by atomic mass is 35.5. The van der Waals surface area contributed by atoms with Gasteiger partial charge in [0.15, 0.2) is 11.5 Å². The van der Waals surface area contributed by atoms with E-state index in [-0.39, 0.29) is 25.8 Å². The predicted octanol–water partition coefficient (Wildman–Crippen LogP) is 5.09. The minimum absolute atomic E-state index is 0.0154. The Balaban J connectivity index is 1.35. The second kappa shape index (κ2) is 8.58. The summed E-state index contributed by atoms with van der Waals surface area (Å²) in [5.74, 6) is -0.892. The van der Waals surface area contributed by atoms with Crippen LogP contribution in [-0.2, 0) is 21.4 Å². The molecule has 0 aliphatic carbocycles. The van der Waals surface area contributed by atoms with Gasteiger partial charge in [0, 0.05) is 22.7 Å². The molecule has 0 unspecified atom stereocenters. The zero-order chi connectivity index (χ0) is 24.0. The number of halogens is 1. The van der Waals surface area contributed by atoms with Gasteiger partial charge in [-0.1, -0.05) is 35.9 Å². The molecule has 34 heavy (non-hydrogen) atoms. The number of hydrogen-bond donors (Lipinski definition) is 2. The first-order chi connectivity index (χ1) is 16.2. The van der Waals surface area contributed by atoms with Crippen LogP contribution in [0.25, 0.3) is 15.8 Å². The third kappa shape index (κ3) is 4.00. The number of aliphatic hydroxyl groups excluding tert-OH is 1. The Hall–Kier alpha value is -3.12. The van der Waals surface area contributed by atoms with Gasteiger partial charge in [0.1, 0.15) is 17.3 Å². The van der Waals surface area contributed by atoms with Gasteiger partial charge in [0.2, 0.25) is 5.88 Å². The van der Waals surface area contributed by atoms with E-state index in [2.05, 4.69) is 10.3 Å². The summed E-state index contributed by atoms with van der Waals surface area (Å²) in [6, 6.07) is 16.2. The van der Waals surface area contributed by atoms with Gasteiger partial charge in [-0.05, 0) is 29.7 Å². The van der Waals surface area contributed by atoms with Crippen LogP contribution >= 0.6 is 34.3 Å². The number of carbonyl (C=O) groups excluding carboxylic acids is 1. The second-order valence-electron chi connectivity index (χ2n) is 7.27. The molecular formula is C22H16ClN3O5S3. The molecule has 4 aromatic rings. The fraction of sp³-hybridized carbons (Fsp3) is 0.0909. The van der Waals surface area contributed by atoms with Crippen LogP contribution in [-0.4, -0.2) is 35.8 Å². The number of anilines is 1. The number of nitrogens with zero attached hydrogens (tertiary/aromatic N) is 2. The fourth-order valence-corrected chi connectivity index (χ4v) is 7.40. The number of thiophene rings is 2. The summed E-state index contributed by atoms with van der Waals surface area (Å²) in [6.07, 6.45) is 0. The average Bonchev–Trinajstić information content (AvgIpc) is 3.41. The number of sulfonamides is 1. The van der Waals surface area contributed by atoms with Crippen LogP contribution < -0.4 is 10.1 Å². The molecule has 1 aliphatic rings. The lowest BCUT2D eigenvalue weighted by Crippen LogP contribution is -2.36. The molecule has 12 heteroatoms. The standard InChI is InChI=1S/C22H16ClN3O5S3/c1-26-19(20(27)21-15(34(26,29)30)10-16(23)33-21)22(28)25-17-7-4-8-18(24-17)31-11-13-9-12-5-2-3-6-14(12)32-13/h2-10,27H,11H2,1H3,(H,24,25,28). The van der Waals surface area contributed by atoms with Crippen molar-refractivity contribution in [3.05, 3.63) is 74.4 Å². The summed E-state index contributed by atoms with van der Waals surface area (Å²) >= 11 is 8.44. The molecular weight excluding hydrogens is 518 g/mol. The Morgan fingerprint density at radius 2 is 1.97 bits per heavy atom. The van der Waals surface area contributed by atoms with Gasteiger partial charge in [0.25, 0.3) is 15.9 Å². The molecule has 0 fully saturated rings. The van der Waals surface area contributed by atoms with Crippen LogP contribution in [0.2, 0.25) is 4.34 Å². The molecule has 0 spiro atoms. The van der Waals surface area contributed by atoms with Crippen LogP contribution in [0.3, 0.4) is 0 Å². The van der Waals surface area contributed by atoms with E-state index < -0.39 is 27.4 Å². The maximum Gasteiger partial charge on any atom is 0.278 e. The first-order valence-corrected chi connectivity index (χ1v) is 13.3. The number of likely N-dealkylation sites (N-methyl/N-ethyl adjacent to an activating group) is 1. The molecule has 0 saturated heterocycles. The van der Waals surface area contributed by atoms with Crippen LogP contribution in [0.15, 0.2) is 65.2 Å². The highest BCUT2D eigenvalue weighted by molar-refractivity contribution is 7.89. The lowest BCUT2D eigenvalue weighted by Gasteiger charge is -2.26. The highest BCUT2D eigenvalue weighted by Gasteiger charge is 2.39. The molecule has 0 saturated carbocycles. The van der Waals surface area contributed by atoms with E-state index in [0.29, 0.717) is 6.61 Å². The van der Waals surface area contributed by atoms with Crippen LogP contribution in [0.4, 0.5) is 5.82 Å². The Kier molecular flexibility index (Phi) is 5.72. The Labute approximate surface area is 207 Å². The Bertz CT molecular complexity index is 1540. The summed E-state index contributed by atoms with van der Waals surface area (Å²) in [5.41, 5.74) is -0.426. The molecule has 1 aliphatic heterocycles. The first kappa shape index (κ1) is 22.7. The number of hydrogen-bond acceptors (Lipinski definition) is 8. The maximum absolute atomic E-state index is 12.9. The number of benzene rings is 1. The summed E-state index contributed by atoms with van der Waals surface area (Å²) in [6.45, 7) is 0.304. The fourth-order valence-electron chi connectivity index (χ4n) is 3.47. The molecule has 4 heterocycles. The van der Waals surface area contributed by atoms with Gasteiger partial charge in [-0.2, -0.15) is 4.98 Å². The first-order valence-electron chi connectivity index (χ1n) is 9.84. The van der Waals surface area contributed by atoms with Gasteiger partial charge in [-0.3, -0.25) is 9.10 Å². The predicted molar refractivity (Wildman–Crippen MR) is 133 cm³/mol. The summed E-state index contributed by atoms with van der Waals surface area (Å²) < 4.78 is 33.4. The maximum atomic E-state index is 12.9. The van der Waals surface area contributed by atoms with Crippen molar-refractivity contribution < 1.29 is 23.1 Å². The van der Waals surface area contributed by atoms with E-state index in [9.17, 15) is 18.3 Å². The topological polar surface area (TPSA) is 109 Å². The summed E-state index contributed by atoms with van der Waals surface area (Å²) in [7, 11) is -2.85. The van der Waals surface area contributed by atoms with Crippen molar-refractivity contribution >= 4 is 71.9 Å². The smallest absolute Gasteiger partial charge is 0.278 e. The highest BCUT2D eigenvalue weighted by Crippen LogP contribution is 2.41.